The number of unbranched alkanes of at least 4 members (excludes halogenated alkanes) is 1. The summed E-state index contributed by atoms with van der Waals surface area (Å²) >= 11 is 5.93. The summed E-state index contributed by atoms with van der Waals surface area (Å²) in [5, 5.41) is 2.92. The average molecular weight is 335 g/mol. The summed E-state index contributed by atoms with van der Waals surface area (Å²) < 4.78 is 30.4. The molecule has 0 bridgehead atoms. The van der Waals surface area contributed by atoms with Gasteiger partial charge in [0.1, 0.15) is 5.75 Å². The van der Waals surface area contributed by atoms with Crippen molar-refractivity contribution in [1.29, 1.82) is 0 Å². The highest BCUT2D eigenvalue weighted by Gasteiger charge is 2.12. The monoisotopic (exact) mass is 334 g/mol. The third-order valence-electron chi connectivity index (χ3n) is 2.65. The molecule has 0 aliphatic carbocycles. The maximum atomic E-state index is 11.7. The highest BCUT2D eigenvalue weighted by Crippen LogP contribution is 2.27. The molecule has 21 heavy (non-hydrogen) atoms. The first-order valence-corrected chi connectivity index (χ1v) is 8.51. The van der Waals surface area contributed by atoms with Crippen molar-refractivity contribution in [2.24, 2.45) is 0 Å². The summed E-state index contributed by atoms with van der Waals surface area (Å²) in [7, 11) is -1.92. The first-order chi connectivity index (χ1) is 9.88. The number of rotatable bonds is 8. The normalized spacial score (nSPS) is 11.2. The molecule has 1 amide bonds. The number of halogens is 1. The van der Waals surface area contributed by atoms with Crippen molar-refractivity contribution in [2.75, 3.05) is 24.7 Å². The van der Waals surface area contributed by atoms with E-state index in [9.17, 15) is 13.2 Å². The van der Waals surface area contributed by atoms with Gasteiger partial charge in [0.2, 0.25) is 15.9 Å². The zero-order valence-corrected chi connectivity index (χ0v) is 13.6. The van der Waals surface area contributed by atoms with E-state index in [1.165, 1.54) is 13.2 Å². The van der Waals surface area contributed by atoms with Crippen molar-refractivity contribution >= 4 is 33.2 Å². The zero-order chi connectivity index (χ0) is 15.9. The molecule has 0 radical (unpaired) electrons. The molecule has 0 saturated carbocycles. The number of methoxy groups -OCH3 is 1. The lowest BCUT2D eigenvalue weighted by Gasteiger charge is -2.09. The van der Waals surface area contributed by atoms with Crippen LogP contribution in [0.2, 0.25) is 5.02 Å². The van der Waals surface area contributed by atoms with Crippen molar-refractivity contribution in [3.8, 4) is 5.75 Å². The Morgan fingerprint density at radius 2 is 2.10 bits per heavy atom. The molecule has 0 aliphatic heterocycles. The fourth-order valence-electron chi connectivity index (χ4n) is 1.53. The smallest absolute Gasteiger partial charge is 0.239 e. The van der Waals surface area contributed by atoms with Gasteiger partial charge in [-0.25, -0.2) is 13.1 Å². The second kappa shape index (κ2) is 8.21. The van der Waals surface area contributed by atoms with E-state index >= 15 is 0 Å². The van der Waals surface area contributed by atoms with Crippen LogP contribution in [-0.4, -0.2) is 33.7 Å². The maximum absolute atomic E-state index is 11.7. The van der Waals surface area contributed by atoms with E-state index in [4.69, 9.17) is 16.3 Å². The molecule has 1 rings (SSSR count). The molecule has 0 atom stereocenters. The van der Waals surface area contributed by atoms with Crippen molar-refractivity contribution in [2.45, 2.75) is 19.8 Å². The van der Waals surface area contributed by atoms with Crippen LogP contribution >= 0.6 is 11.6 Å². The fraction of sp³-hybridized carbons (Fsp3) is 0.462. The van der Waals surface area contributed by atoms with Gasteiger partial charge in [0.15, 0.2) is 0 Å². The first-order valence-electron chi connectivity index (χ1n) is 6.48. The predicted octanol–water partition coefficient (Wildman–Crippen LogP) is 2.01. The second-order valence-electron chi connectivity index (χ2n) is 4.39. The molecule has 0 aromatic heterocycles. The van der Waals surface area contributed by atoms with Crippen molar-refractivity contribution in [3.05, 3.63) is 23.2 Å². The molecule has 0 saturated heterocycles. The molecule has 0 aliphatic rings. The topological polar surface area (TPSA) is 84.5 Å². The minimum Gasteiger partial charge on any atom is -0.495 e. The van der Waals surface area contributed by atoms with Crippen LogP contribution in [0, 0.1) is 0 Å². The van der Waals surface area contributed by atoms with Crippen LogP contribution in [0.5, 0.6) is 5.75 Å². The van der Waals surface area contributed by atoms with Crippen molar-refractivity contribution in [1.82, 2.24) is 4.72 Å². The Balaban J connectivity index is 2.52. The highest BCUT2D eigenvalue weighted by atomic mass is 35.5. The van der Waals surface area contributed by atoms with E-state index in [1.807, 2.05) is 6.92 Å². The number of carbonyl (C=O) groups is 1. The number of amides is 1. The van der Waals surface area contributed by atoms with Crippen LogP contribution in [0.4, 0.5) is 5.69 Å². The molecule has 0 fully saturated rings. The summed E-state index contributed by atoms with van der Waals surface area (Å²) in [6.07, 6.45) is 1.34. The zero-order valence-electron chi connectivity index (χ0n) is 12.0. The SMILES string of the molecule is CCCCS(=O)(=O)NCC(=O)Nc1ccc(OC)c(Cl)c1. The standard InChI is InChI=1S/C13H19ClN2O4S/c1-3-4-7-21(18,19)15-9-13(17)16-10-5-6-12(20-2)11(14)8-10/h5-6,8,15H,3-4,7,9H2,1-2H3,(H,16,17). The quantitative estimate of drug-likeness (QED) is 0.761. The Morgan fingerprint density at radius 1 is 1.38 bits per heavy atom. The van der Waals surface area contributed by atoms with E-state index in [0.29, 0.717) is 22.9 Å². The minimum absolute atomic E-state index is 0.0190. The van der Waals surface area contributed by atoms with Crippen LogP contribution < -0.4 is 14.8 Å². The third kappa shape index (κ3) is 6.33. The highest BCUT2D eigenvalue weighted by molar-refractivity contribution is 7.89. The Bertz CT molecular complexity index is 590. The van der Waals surface area contributed by atoms with Crippen LogP contribution in [-0.2, 0) is 14.8 Å². The molecule has 0 unspecified atom stereocenters. The van der Waals surface area contributed by atoms with Crippen molar-refractivity contribution < 1.29 is 17.9 Å². The van der Waals surface area contributed by atoms with Crippen LogP contribution in [0.15, 0.2) is 18.2 Å². The summed E-state index contributed by atoms with van der Waals surface area (Å²) in [6.45, 7) is 1.59. The summed E-state index contributed by atoms with van der Waals surface area (Å²) in [5.74, 6) is 0.0525. The van der Waals surface area contributed by atoms with Gasteiger partial charge in [-0.05, 0) is 24.6 Å². The van der Waals surface area contributed by atoms with Gasteiger partial charge in [0, 0.05) is 5.69 Å². The third-order valence-corrected chi connectivity index (χ3v) is 4.36. The lowest BCUT2D eigenvalue weighted by molar-refractivity contribution is -0.115. The summed E-state index contributed by atoms with van der Waals surface area (Å²) in [6, 6.07) is 4.77. The molecule has 8 heteroatoms. The Morgan fingerprint density at radius 3 is 2.67 bits per heavy atom. The van der Waals surface area contributed by atoms with Crippen LogP contribution in [0.25, 0.3) is 0 Å². The predicted molar refractivity (Wildman–Crippen MR) is 83.3 cm³/mol. The molecule has 6 nitrogen and oxygen atoms in total. The van der Waals surface area contributed by atoms with Gasteiger partial charge >= 0.3 is 0 Å². The number of hydrogen-bond acceptors (Lipinski definition) is 4. The van der Waals surface area contributed by atoms with E-state index in [-0.39, 0.29) is 12.3 Å². The van der Waals surface area contributed by atoms with Gasteiger partial charge in [-0.1, -0.05) is 24.9 Å². The van der Waals surface area contributed by atoms with Gasteiger partial charge < -0.3 is 10.1 Å². The fourth-order valence-corrected chi connectivity index (χ4v) is 2.95. The molecule has 1 aromatic rings. The summed E-state index contributed by atoms with van der Waals surface area (Å²) in [5.41, 5.74) is 0.471. The lowest BCUT2D eigenvalue weighted by Crippen LogP contribution is -2.34. The molecule has 0 spiro atoms. The Hall–Kier alpha value is -1.31. The molecule has 1 aromatic carbocycles. The maximum Gasteiger partial charge on any atom is 0.239 e. The van der Waals surface area contributed by atoms with Gasteiger partial charge in [0.05, 0.1) is 24.4 Å². The van der Waals surface area contributed by atoms with Crippen LogP contribution in [0.1, 0.15) is 19.8 Å². The van der Waals surface area contributed by atoms with Crippen LogP contribution in [0.3, 0.4) is 0 Å². The number of ether oxygens (including phenoxy) is 1. The molecular formula is C13H19ClN2O4S. The molecule has 2 N–H and O–H groups in total. The van der Waals surface area contributed by atoms with E-state index in [0.717, 1.165) is 6.42 Å². The number of nitrogens with one attached hydrogen (secondary N) is 2. The number of anilines is 1. The first kappa shape index (κ1) is 17.7. The number of hydrogen-bond donors (Lipinski definition) is 2. The largest absolute Gasteiger partial charge is 0.495 e. The van der Waals surface area contributed by atoms with Gasteiger partial charge in [0.25, 0.3) is 0 Å². The van der Waals surface area contributed by atoms with E-state index in [1.54, 1.807) is 12.1 Å². The number of sulfonamides is 1. The lowest BCUT2D eigenvalue weighted by atomic mass is 10.3. The molecular weight excluding hydrogens is 316 g/mol. The van der Waals surface area contributed by atoms with Gasteiger partial charge in [-0.15, -0.1) is 0 Å². The molecule has 0 heterocycles. The average Bonchev–Trinajstić information content (AvgIpc) is 2.43. The summed E-state index contributed by atoms with van der Waals surface area (Å²) in [4.78, 5) is 11.7. The molecule has 118 valence electrons. The van der Waals surface area contributed by atoms with E-state index in [2.05, 4.69) is 10.0 Å². The van der Waals surface area contributed by atoms with E-state index < -0.39 is 15.9 Å². The Labute approximate surface area is 129 Å². The van der Waals surface area contributed by atoms with Gasteiger partial charge in [-0.2, -0.15) is 0 Å². The van der Waals surface area contributed by atoms with Gasteiger partial charge in [-0.3, -0.25) is 4.79 Å². The Kier molecular flexibility index (Phi) is 6.94. The minimum atomic E-state index is -3.41. The second-order valence-corrected chi connectivity index (χ2v) is 6.72. The number of carbonyl (C=O) groups excluding carboxylic acids is 1. The van der Waals surface area contributed by atoms with Crippen molar-refractivity contribution in [3.63, 3.8) is 0 Å². The number of benzene rings is 1.